The SMILES string of the molecule is CCCC1CCCN(C(=O)c2ccc(Cl)cc2O)CC1. The zero-order valence-corrected chi connectivity index (χ0v) is 12.7. The molecule has 0 radical (unpaired) electrons. The lowest BCUT2D eigenvalue weighted by atomic mass is 9.96. The van der Waals surface area contributed by atoms with E-state index >= 15 is 0 Å². The van der Waals surface area contributed by atoms with Gasteiger partial charge in [0.05, 0.1) is 5.56 Å². The van der Waals surface area contributed by atoms with Crippen LogP contribution in [0.15, 0.2) is 18.2 Å². The van der Waals surface area contributed by atoms with Crippen LogP contribution in [0.1, 0.15) is 49.4 Å². The Morgan fingerprint density at radius 2 is 2.20 bits per heavy atom. The summed E-state index contributed by atoms with van der Waals surface area (Å²) >= 11 is 5.80. The van der Waals surface area contributed by atoms with E-state index in [1.807, 2.05) is 4.90 Å². The summed E-state index contributed by atoms with van der Waals surface area (Å²) in [5.74, 6) is 0.616. The first-order valence-corrected chi connectivity index (χ1v) is 7.77. The fourth-order valence-corrected chi connectivity index (χ4v) is 3.09. The van der Waals surface area contributed by atoms with Gasteiger partial charge in [-0.25, -0.2) is 0 Å². The van der Waals surface area contributed by atoms with Gasteiger partial charge in [-0.1, -0.05) is 31.4 Å². The molecule has 0 aromatic heterocycles. The molecule has 1 aromatic carbocycles. The van der Waals surface area contributed by atoms with Gasteiger partial charge >= 0.3 is 0 Å². The number of carbonyl (C=O) groups excluding carboxylic acids is 1. The van der Waals surface area contributed by atoms with E-state index in [1.165, 1.54) is 25.3 Å². The van der Waals surface area contributed by atoms with Crippen molar-refractivity contribution in [1.82, 2.24) is 4.90 Å². The average Bonchev–Trinajstić information content (AvgIpc) is 2.64. The third-order valence-corrected chi connectivity index (χ3v) is 4.26. The van der Waals surface area contributed by atoms with Crippen molar-refractivity contribution in [2.24, 2.45) is 5.92 Å². The highest BCUT2D eigenvalue weighted by Gasteiger charge is 2.23. The van der Waals surface area contributed by atoms with Crippen molar-refractivity contribution in [1.29, 1.82) is 0 Å². The van der Waals surface area contributed by atoms with Gasteiger partial charge in [0.15, 0.2) is 0 Å². The molecule has 1 heterocycles. The number of nitrogens with zero attached hydrogens (tertiary/aromatic N) is 1. The van der Waals surface area contributed by atoms with E-state index in [9.17, 15) is 9.90 Å². The number of carbonyl (C=O) groups is 1. The molecule has 1 atom stereocenters. The van der Waals surface area contributed by atoms with Crippen LogP contribution in [0.5, 0.6) is 5.75 Å². The Kier molecular flexibility index (Phi) is 5.30. The first-order chi connectivity index (χ1) is 9.61. The molecule has 3 nitrogen and oxygen atoms in total. The van der Waals surface area contributed by atoms with Crippen molar-refractivity contribution in [3.05, 3.63) is 28.8 Å². The number of aromatic hydroxyl groups is 1. The van der Waals surface area contributed by atoms with E-state index in [4.69, 9.17) is 11.6 Å². The maximum atomic E-state index is 12.5. The van der Waals surface area contributed by atoms with Crippen LogP contribution in [0.2, 0.25) is 5.02 Å². The summed E-state index contributed by atoms with van der Waals surface area (Å²) in [7, 11) is 0. The number of hydrogen-bond donors (Lipinski definition) is 1. The van der Waals surface area contributed by atoms with Gasteiger partial charge in [0.25, 0.3) is 5.91 Å². The van der Waals surface area contributed by atoms with Gasteiger partial charge < -0.3 is 10.0 Å². The highest BCUT2D eigenvalue weighted by atomic mass is 35.5. The molecular formula is C16H22ClNO2. The molecule has 1 unspecified atom stereocenters. The molecule has 1 aliphatic rings. The number of likely N-dealkylation sites (tertiary alicyclic amines) is 1. The fraction of sp³-hybridized carbons (Fsp3) is 0.562. The van der Waals surface area contributed by atoms with Crippen LogP contribution in [-0.4, -0.2) is 29.0 Å². The second kappa shape index (κ2) is 6.98. The summed E-state index contributed by atoms with van der Waals surface area (Å²) < 4.78 is 0. The van der Waals surface area contributed by atoms with Crippen LogP contribution in [0.25, 0.3) is 0 Å². The Hall–Kier alpha value is -1.22. The van der Waals surface area contributed by atoms with Crippen molar-refractivity contribution in [3.8, 4) is 5.75 Å². The number of hydrogen-bond acceptors (Lipinski definition) is 2. The minimum absolute atomic E-state index is 0.0307. The van der Waals surface area contributed by atoms with Crippen LogP contribution < -0.4 is 0 Å². The smallest absolute Gasteiger partial charge is 0.257 e. The number of phenolic OH excluding ortho intramolecular Hbond substituents is 1. The zero-order valence-electron chi connectivity index (χ0n) is 11.9. The van der Waals surface area contributed by atoms with Crippen molar-refractivity contribution in [3.63, 3.8) is 0 Å². The van der Waals surface area contributed by atoms with E-state index in [2.05, 4.69) is 6.92 Å². The average molecular weight is 296 g/mol. The largest absolute Gasteiger partial charge is 0.507 e. The second-order valence-corrected chi connectivity index (χ2v) is 5.98. The Balaban J connectivity index is 2.05. The molecule has 2 rings (SSSR count). The summed E-state index contributed by atoms with van der Waals surface area (Å²) in [5.41, 5.74) is 0.350. The van der Waals surface area contributed by atoms with Crippen LogP contribution >= 0.6 is 11.6 Å². The van der Waals surface area contributed by atoms with Crippen molar-refractivity contribution >= 4 is 17.5 Å². The van der Waals surface area contributed by atoms with Crippen LogP contribution in [0.4, 0.5) is 0 Å². The molecule has 1 fully saturated rings. The third-order valence-electron chi connectivity index (χ3n) is 4.02. The summed E-state index contributed by atoms with van der Waals surface area (Å²) in [5, 5.41) is 10.3. The minimum atomic E-state index is -0.0867. The van der Waals surface area contributed by atoms with Gasteiger partial charge in [-0.3, -0.25) is 4.79 Å². The number of phenols is 1. The standard InChI is InChI=1S/C16H22ClNO2/c1-2-4-12-5-3-9-18(10-8-12)16(20)14-7-6-13(17)11-15(14)19/h6-7,11-12,19H,2-5,8-10H2,1H3. The van der Waals surface area contributed by atoms with Gasteiger partial charge in [-0.15, -0.1) is 0 Å². The molecule has 0 saturated carbocycles. The predicted molar refractivity (Wildman–Crippen MR) is 81.3 cm³/mol. The van der Waals surface area contributed by atoms with Crippen molar-refractivity contribution in [2.45, 2.75) is 39.0 Å². The molecular weight excluding hydrogens is 274 g/mol. The molecule has 1 N–H and O–H groups in total. The predicted octanol–water partition coefficient (Wildman–Crippen LogP) is 4.09. The molecule has 1 aromatic rings. The topological polar surface area (TPSA) is 40.5 Å². The molecule has 110 valence electrons. The van der Waals surface area contributed by atoms with Crippen LogP contribution in [-0.2, 0) is 0 Å². The molecule has 1 aliphatic heterocycles. The molecule has 4 heteroatoms. The monoisotopic (exact) mass is 295 g/mol. The fourth-order valence-electron chi connectivity index (χ4n) is 2.92. The maximum Gasteiger partial charge on any atom is 0.257 e. The van der Waals surface area contributed by atoms with Crippen molar-refractivity contribution < 1.29 is 9.90 Å². The number of amides is 1. The first-order valence-electron chi connectivity index (χ1n) is 7.39. The lowest BCUT2D eigenvalue weighted by molar-refractivity contribution is 0.0757. The second-order valence-electron chi connectivity index (χ2n) is 5.54. The van der Waals surface area contributed by atoms with Gasteiger partial charge in [-0.2, -0.15) is 0 Å². The molecule has 1 saturated heterocycles. The Bertz CT molecular complexity index is 476. The van der Waals surface area contributed by atoms with E-state index in [-0.39, 0.29) is 11.7 Å². The van der Waals surface area contributed by atoms with E-state index in [0.29, 0.717) is 10.6 Å². The maximum absolute atomic E-state index is 12.5. The first kappa shape index (κ1) is 15.2. The van der Waals surface area contributed by atoms with Crippen molar-refractivity contribution in [2.75, 3.05) is 13.1 Å². The Labute approximate surface area is 125 Å². The lowest BCUT2D eigenvalue weighted by Gasteiger charge is -2.21. The lowest BCUT2D eigenvalue weighted by Crippen LogP contribution is -2.32. The van der Waals surface area contributed by atoms with Crippen LogP contribution in [0, 0.1) is 5.92 Å². The quantitative estimate of drug-likeness (QED) is 0.912. The Morgan fingerprint density at radius 3 is 2.90 bits per heavy atom. The van der Waals surface area contributed by atoms with Gasteiger partial charge in [0.1, 0.15) is 5.75 Å². The Morgan fingerprint density at radius 1 is 1.40 bits per heavy atom. The summed E-state index contributed by atoms with van der Waals surface area (Å²) in [6.07, 6.45) is 5.76. The molecule has 20 heavy (non-hydrogen) atoms. The number of benzene rings is 1. The van der Waals surface area contributed by atoms with Gasteiger partial charge in [-0.05, 0) is 43.4 Å². The summed E-state index contributed by atoms with van der Waals surface area (Å²) in [6, 6.07) is 4.67. The minimum Gasteiger partial charge on any atom is -0.507 e. The summed E-state index contributed by atoms with van der Waals surface area (Å²) in [6.45, 7) is 3.77. The highest BCUT2D eigenvalue weighted by Crippen LogP contribution is 2.26. The highest BCUT2D eigenvalue weighted by molar-refractivity contribution is 6.30. The molecule has 0 spiro atoms. The third kappa shape index (κ3) is 3.66. The number of rotatable bonds is 3. The molecule has 1 amide bonds. The van der Waals surface area contributed by atoms with E-state index in [0.717, 1.165) is 31.8 Å². The number of halogens is 1. The van der Waals surface area contributed by atoms with Crippen LogP contribution in [0.3, 0.4) is 0 Å². The van der Waals surface area contributed by atoms with E-state index < -0.39 is 0 Å². The zero-order chi connectivity index (χ0) is 14.5. The normalized spacial score (nSPS) is 19.7. The summed E-state index contributed by atoms with van der Waals surface area (Å²) in [4.78, 5) is 14.3. The van der Waals surface area contributed by atoms with Gasteiger partial charge in [0, 0.05) is 18.1 Å². The van der Waals surface area contributed by atoms with Gasteiger partial charge in [0.2, 0.25) is 0 Å². The molecule has 0 aliphatic carbocycles. The van der Waals surface area contributed by atoms with E-state index in [1.54, 1.807) is 12.1 Å². The molecule has 0 bridgehead atoms.